The number of aromatic nitrogens is 6. The zero-order valence-electron chi connectivity index (χ0n) is 69.4. The van der Waals surface area contributed by atoms with Crippen molar-refractivity contribution in [2.45, 2.75) is 0 Å². The van der Waals surface area contributed by atoms with Gasteiger partial charge in [-0.25, -0.2) is 29.9 Å². The van der Waals surface area contributed by atoms with Gasteiger partial charge in [0.1, 0.15) is 33.3 Å². The molecule has 0 aliphatic carbocycles. The lowest BCUT2D eigenvalue weighted by Crippen LogP contribution is -1.89. The van der Waals surface area contributed by atoms with Gasteiger partial charge in [-0.3, -0.25) is 0 Å². The third-order valence-corrected chi connectivity index (χ3v) is 29.1. The fourth-order valence-corrected chi connectivity index (χ4v) is 22.8. The predicted octanol–water partition coefficient (Wildman–Crippen LogP) is 33.8. The van der Waals surface area contributed by atoms with Crippen LogP contribution in [0.5, 0.6) is 0 Å². The number of benzene rings is 19. The Bertz CT molecular complexity index is 9510. The van der Waals surface area contributed by atoms with Gasteiger partial charge in [-0.1, -0.05) is 309 Å². The smallest absolute Gasteiger partial charge is 0.246 e. The van der Waals surface area contributed by atoms with Crippen LogP contribution in [0.4, 0.5) is 0 Å². The summed E-state index contributed by atoms with van der Waals surface area (Å²) in [5.41, 5.74) is 26.2. The van der Waals surface area contributed by atoms with E-state index in [4.69, 9.17) is 33.2 Å². The Morgan fingerprint density at radius 1 is 0.177 bits per heavy atom. The second kappa shape index (κ2) is 30.7. The average Bonchev–Trinajstić information content (AvgIpc) is 1.47. The van der Waals surface area contributed by atoms with Crippen molar-refractivity contribution in [1.82, 2.24) is 29.9 Å². The van der Waals surface area contributed by atoms with Gasteiger partial charge in [-0.15, -0.1) is 34.0 Å². The summed E-state index contributed by atoms with van der Waals surface area (Å²) in [6, 6.07) is 140. The lowest BCUT2D eigenvalue weighted by Gasteiger charge is -2.10. The molecule has 0 saturated carbocycles. The van der Waals surface area contributed by atoms with E-state index in [1.807, 2.05) is 64.6 Å². The molecule has 9 aromatic heterocycles. The van der Waals surface area contributed by atoms with Crippen LogP contribution in [0.2, 0.25) is 0 Å². The Balaban J connectivity index is 0.000000103. The highest BCUT2D eigenvalue weighted by molar-refractivity contribution is 7.27. The first kappa shape index (κ1) is 74.9. The third-order valence-electron chi connectivity index (χ3n) is 25.4. The second-order valence-corrected chi connectivity index (χ2v) is 36.2. The maximum Gasteiger partial charge on any atom is 0.246 e. The van der Waals surface area contributed by atoms with E-state index < -0.39 is 0 Å². The highest BCUT2D eigenvalue weighted by atomic mass is 32.1. The van der Waals surface area contributed by atoms with Gasteiger partial charge < -0.3 is 13.3 Å². The summed E-state index contributed by atoms with van der Waals surface area (Å²) in [7, 11) is 0. The molecular formula is C118H68N6O3S3. The van der Waals surface area contributed by atoms with E-state index in [2.05, 4.69) is 386 Å². The summed E-state index contributed by atoms with van der Waals surface area (Å²) < 4.78 is 26.3. The Hall–Kier alpha value is -16.5. The molecule has 0 radical (unpaired) electrons. The Kier molecular flexibility index (Phi) is 17.7. The molecule has 130 heavy (non-hydrogen) atoms. The van der Waals surface area contributed by atoms with Crippen molar-refractivity contribution >= 4 is 204 Å². The van der Waals surface area contributed by atoms with E-state index >= 15 is 0 Å². The quantitative estimate of drug-likeness (QED) is 0.130. The van der Waals surface area contributed by atoms with Crippen molar-refractivity contribution < 1.29 is 13.3 Å². The maximum atomic E-state index is 6.19. The number of hydrogen-bond acceptors (Lipinski definition) is 12. The van der Waals surface area contributed by atoms with Crippen LogP contribution in [0.25, 0.3) is 271 Å². The van der Waals surface area contributed by atoms with Crippen molar-refractivity contribution in [3.63, 3.8) is 0 Å². The molecule has 28 rings (SSSR count). The van der Waals surface area contributed by atoms with Crippen molar-refractivity contribution in [2.75, 3.05) is 0 Å². The van der Waals surface area contributed by atoms with Crippen LogP contribution in [0, 0.1) is 0 Å². The van der Waals surface area contributed by atoms with Crippen LogP contribution < -0.4 is 0 Å². The Labute approximate surface area is 755 Å². The molecule has 19 aromatic carbocycles. The number of fused-ring (bicyclic) bond motifs is 23. The first-order valence-electron chi connectivity index (χ1n) is 43.4. The number of thiophene rings is 3. The molecule has 0 aliphatic heterocycles. The topological polar surface area (TPSA) is 117 Å². The number of hydrogen-bond donors (Lipinski definition) is 0. The molecule has 0 bridgehead atoms. The molecule has 0 unspecified atom stereocenters. The van der Waals surface area contributed by atoms with Gasteiger partial charge in [0, 0.05) is 93.4 Å². The van der Waals surface area contributed by atoms with E-state index in [0.29, 0.717) is 17.1 Å². The molecule has 0 fully saturated rings. The summed E-state index contributed by atoms with van der Waals surface area (Å²) in [6.07, 6.45) is 5.44. The first-order valence-corrected chi connectivity index (χ1v) is 45.8. The molecule has 9 nitrogen and oxygen atoms in total. The average molecular weight is 1710 g/mol. The van der Waals surface area contributed by atoms with Gasteiger partial charge in [-0.05, 0) is 195 Å². The SMILES string of the molecule is c1cc(-c2ccc3oc4ncc(-c5cc6ccccc6c6ccccc56)nc4c3c2)cc(-c2cccc3c2sc2ccccc23)c1.c1cc(-c2ccc3oc4ncc(-c5ccc6ccccc6c5)nc4c3c2)cc(-c2cccc3c2sc2ccccc23)c1.c1cc(-c2ccc3oc4ncc(-c5cccc6ccccc56)nc4c3c2)cc(-c2cccc3c2sc2ccccc23)c1. The fourth-order valence-electron chi connectivity index (χ4n) is 19.1. The molecule has 0 spiro atoms. The zero-order valence-corrected chi connectivity index (χ0v) is 71.8. The second-order valence-electron chi connectivity index (χ2n) is 33.0. The van der Waals surface area contributed by atoms with Crippen LogP contribution in [0.3, 0.4) is 0 Å². The van der Waals surface area contributed by atoms with E-state index in [1.165, 1.54) is 126 Å². The first-order chi connectivity index (χ1) is 64.4. The minimum absolute atomic E-state index is 0.547. The third kappa shape index (κ3) is 12.9. The van der Waals surface area contributed by atoms with Gasteiger partial charge in [0.05, 0.1) is 35.7 Å². The highest BCUT2D eigenvalue weighted by Crippen LogP contribution is 2.47. The number of furan rings is 3. The summed E-state index contributed by atoms with van der Waals surface area (Å²) >= 11 is 5.59. The fraction of sp³-hybridized carbons (Fsp3) is 0. The Morgan fingerprint density at radius 3 is 0.992 bits per heavy atom. The van der Waals surface area contributed by atoms with E-state index in [9.17, 15) is 0 Å². The van der Waals surface area contributed by atoms with Crippen molar-refractivity contribution in [2.24, 2.45) is 0 Å². The monoisotopic (exact) mass is 1710 g/mol. The molecule has 0 amide bonds. The molecule has 9 heterocycles. The summed E-state index contributed by atoms with van der Waals surface area (Å²) in [6.45, 7) is 0. The van der Waals surface area contributed by atoms with E-state index in [0.717, 1.165) is 127 Å². The van der Waals surface area contributed by atoms with Crippen molar-refractivity contribution in [3.8, 4) is 101 Å². The standard InChI is InChI=1S/C42H24N2OS.2C38H22N2OS/c1-2-12-29-28(9-1)23-35(32-14-4-3-13-31(29)32)37-24-43-42-40(44-37)36-22-26(19-20-38(36)45-42)25-10-7-11-27(21-25)30-16-8-17-34-33-15-5-6-18-39(33)46-41(30)34;1-2-12-27-23(8-1)9-6-15-29(27)33-22-39-38-36(40-33)32-21-25(18-19-34(32)41-38)24-10-5-11-26(20-24)28-14-7-16-31-30-13-3-4-17-35(30)42-37(28)31;1-2-8-24-20-28(16-15-23(24)7-1)33-22-39-38-36(40-33)32-21-26(17-18-34(32)41-38)25-9-5-10-27(19-25)29-12-6-13-31-30-11-3-4-14-35(30)42-37(29)31/h1-24H;2*1-22H. The summed E-state index contributed by atoms with van der Waals surface area (Å²) in [5.74, 6) is 0. The lowest BCUT2D eigenvalue weighted by atomic mass is 9.96. The largest absolute Gasteiger partial charge is 0.436 e. The number of rotatable bonds is 9. The van der Waals surface area contributed by atoms with Crippen molar-refractivity contribution in [3.05, 3.63) is 413 Å². The Morgan fingerprint density at radius 2 is 0.508 bits per heavy atom. The van der Waals surface area contributed by atoms with Crippen LogP contribution in [-0.2, 0) is 0 Å². The minimum atomic E-state index is 0.547. The maximum absolute atomic E-state index is 6.19. The normalized spacial score (nSPS) is 11.8. The summed E-state index contributed by atoms with van der Waals surface area (Å²) in [4.78, 5) is 29.4. The van der Waals surface area contributed by atoms with Gasteiger partial charge in [0.25, 0.3) is 0 Å². The van der Waals surface area contributed by atoms with Crippen LogP contribution in [0.15, 0.2) is 426 Å². The molecule has 12 heteroatoms. The zero-order chi connectivity index (χ0) is 85.4. The highest BCUT2D eigenvalue weighted by Gasteiger charge is 2.22. The van der Waals surface area contributed by atoms with Crippen molar-refractivity contribution in [1.29, 1.82) is 0 Å². The molecule has 0 aliphatic rings. The molecule has 606 valence electrons. The van der Waals surface area contributed by atoms with E-state index in [1.54, 1.807) is 6.20 Å². The molecular weight excluding hydrogens is 1650 g/mol. The molecule has 0 saturated heterocycles. The predicted molar refractivity (Wildman–Crippen MR) is 546 cm³/mol. The van der Waals surface area contributed by atoms with Crippen LogP contribution >= 0.6 is 34.0 Å². The van der Waals surface area contributed by atoms with Gasteiger partial charge >= 0.3 is 0 Å². The van der Waals surface area contributed by atoms with Gasteiger partial charge in [-0.2, -0.15) is 0 Å². The van der Waals surface area contributed by atoms with Gasteiger partial charge in [0.15, 0.2) is 0 Å². The molecule has 28 aromatic rings. The molecule has 0 N–H and O–H groups in total. The van der Waals surface area contributed by atoms with Gasteiger partial charge in [0.2, 0.25) is 17.1 Å². The van der Waals surface area contributed by atoms with E-state index in [-0.39, 0.29) is 0 Å². The molecule has 0 atom stereocenters. The number of nitrogens with zero attached hydrogens (tertiary/aromatic N) is 6. The van der Waals surface area contributed by atoms with Crippen LogP contribution in [0.1, 0.15) is 0 Å². The van der Waals surface area contributed by atoms with Crippen LogP contribution in [-0.4, -0.2) is 29.9 Å². The minimum Gasteiger partial charge on any atom is -0.436 e. The summed E-state index contributed by atoms with van der Waals surface area (Å²) in [5, 5.41) is 20.3. The lowest BCUT2D eigenvalue weighted by molar-refractivity contribution is 0.652.